The Balaban J connectivity index is 1.95. The summed E-state index contributed by atoms with van der Waals surface area (Å²) < 4.78 is 26.2. The van der Waals surface area contributed by atoms with E-state index < -0.39 is 11.7 Å². The second-order valence-electron chi connectivity index (χ2n) is 4.23. The summed E-state index contributed by atoms with van der Waals surface area (Å²) in [5, 5.41) is 3.85. The monoisotopic (exact) mass is 308 g/mol. The summed E-state index contributed by atoms with van der Waals surface area (Å²) in [5.74, 6) is -1.30. The van der Waals surface area contributed by atoms with E-state index >= 15 is 0 Å². The molecule has 0 atom stereocenters. The second-order valence-corrected chi connectivity index (χ2v) is 4.64. The zero-order chi connectivity index (χ0) is 15.2. The van der Waals surface area contributed by atoms with Crippen LogP contribution in [-0.2, 0) is 11.2 Å². The summed E-state index contributed by atoms with van der Waals surface area (Å²) in [6, 6.07) is 9.79. The molecule has 0 saturated heterocycles. The third-order valence-corrected chi connectivity index (χ3v) is 2.99. The van der Waals surface area contributed by atoms with Crippen LogP contribution in [0.5, 0.6) is 0 Å². The summed E-state index contributed by atoms with van der Waals surface area (Å²) in [6.07, 6.45) is 1.18. The van der Waals surface area contributed by atoms with Crippen LogP contribution in [0, 0.1) is 11.6 Å². The van der Waals surface area contributed by atoms with Gasteiger partial charge in [0.15, 0.2) is 0 Å². The third-order valence-electron chi connectivity index (χ3n) is 2.66. The summed E-state index contributed by atoms with van der Waals surface area (Å²) >= 11 is 5.81. The molecule has 0 aliphatic rings. The Morgan fingerprint density at radius 3 is 2.57 bits per heavy atom. The molecule has 0 heterocycles. The third kappa shape index (κ3) is 4.36. The largest absolute Gasteiger partial charge is 0.273 e. The standard InChI is InChI=1S/C15H11ClF2N2O/c16-13-2-1-3-14(18)12(13)9-19-20-15(21)8-10-4-6-11(17)7-5-10/h1-7,9H,8H2,(H,20,21)/b19-9-. The van der Waals surface area contributed by atoms with Crippen LogP contribution in [-0.4, -0.2) is 12.1 Å². The van der Waals surface area contributed by atoms with Gasteiger partial charge in [-0.2, -0.15) is 5.10 Å². The minimum absolute atomic E-state index is 0.0443. The number of carbonyl (C=O) groups excluding carboxylic acids is 1. The molecule has 0 aliphatic carbocycles. The van der Waals surface area contributed by atoms with Crippen molar-refractivity contribution in [2.24, 2.45) is 5.10 Å². The van der Waals surface area contributed by atoms with Crippen molar-refractivity contribution in [1.29, 1.82) is 0 Å². The van der Waals surface area contributed by atoms with E-state index in [0.29, 0.717) is 5.56 Å². The molecule has 3 nitrogen and oxygen atoms in total. The minimum atomic E-state index is -0.529. The van der Waals surface area contributed by atoms with Crippen LogP contribution in [0.4, 0.5) is 8.78 Å². The maximum absolute atomic E-state index is 13.4. The summed E-state index contributed by atoms with van der Waals surface area (Å²) in [5.41, 5.74) is 3.00. The average molecular weight is 309 g/mol. The van der Waals surface area contributed by atoms with Crippen LogP contribution in [0.15, 0.2) is 47.6 Å². The van der Waals surface area contributed by atoms with Gasteiger partial charge in [-0.25, -0.2) is 14.2 Å². The lowest BCUT2D eigenvalue weighted by atomic mass is 10.1. The van der Waals surface area contributed by atoms with Gasteiger partial charge in [0.2, 0.25) is 5.91 Å². The quantitative estimate of drug-likeness (QED) is 0.683. The zero-order valence-electron chi connectivity index (χ0n) is 10.8. The van der Waals surface area contributed by atoms with Crippen LogP contribution in [0.25, 0.3) is 0 Å². The molecule has 0 unspecified atom stereocenters. The van der Waals surface area contributed by atoms with Crippen molar-refractivity contribution in [2.75, 3.05) is 0 Å². The fourth-order valence-electron chi connectivity index (χ4n) is 1.63. The van der Waals surface area contributed by atoms with E-state index in [1.807, 2.05) is 0 Å². The van der Waals surface area contributed by atoms with Crippen LogP contribution >= 0.6 is 11.6 Å². The van der Waals surface area contributed by atoms with Gasteiger partial charge >= 0.3 is 0 Å². The van der Waals surface area contributed by atoms with Crippen LogP contribution in [0.3, 0.4) is 0 Å². The first-order valence-corrected chi connectivity index (χ1v) is 6.44. The smallest absolute Gasteiger partial charge is 0.244 e. The fraction of sp³-hybridized carbons (Fsp3) is 0.0667. The number of nitrogens with zero attached hydrogens (tertiary/aromatic N) is 1. The van der Waals surface area contributed by atoms with Gasteiger partial charge in [-0.3, -0.25) is 4.79 Å². The Hall–Kier alpha value is -2.27. The first-order chi connectivity index (χ1) is 10.1. The van der Waals surface area contributed by atoms with E-state index in [-0.39, 0.29) is 22.8 Å². The minimum Gasteiger partial charge on any atom is -0.273 e. The van der Waals surface area contributed by atoms with E-state index in [1.54, 1.807) is 0 Å². The summed E-state index contributed by atoms with van der Waals surface area (Å²) in [4.78, 5) is 11.6. The van der Waals surface area contributed by atoms with Crippen molar-refractivity contribution in [1.82, 2.24) is 5.43 Å². The molecule has 0 aliphatic heterocycles. The van der Waals surface area contributed by atoms with Crippen molar-refractivity contribution < 1.29 is 13.6 Å². The average Bonchev–Trinajstić information content (AvgIpc) is 2.45. The number of hydrogen-bond donors (Lipinski definition) is 1. The van der Waals surface area contributed by atoms with Crippen molar-refractivity contribution in [3.05, 3.63) is 70.2 Å². The Kier molecular flexibility index (Phi) is 5.00. The normalized spacial score (nSPS) is 10.8. The van der Waals surface area contributed by atoms with Gasteiger partial charge in [0, 0.05) is 5.56 Å². The van der Waals surface area contributed by atoms with Crippen molar-refractivity contribution in [2.45, 2.75) is 6.42 Å². The molecule has 2 aromatic rings. The highest BCUT2D eigenvalue weighted by atomic mass is 35.5. The molecule has 108 valence electrons. The lowest BCUT2D eigenvalue weighted by Gasteiger charge is -2.01. The Bertz CT molecular complexity index is 652. The molecule has 6 heteroatoms. The molecule has 1 N–H and O–H groups in total. The number of hydrogen-bond acceptors (Lipinski definition) is 2. The van der Waals surface area contributed by atoms with E-state index in [0.717, 1.165) is 6.21 Å². The maximum atomic E-state index is 13.4. The van der Waals surface area contributed by atoms with Crippen molar-refractivity contribution >= 4 is 23.7 Å². The number of benzene rings is 2. The number of nitrogens with one attached hydrogen (secondary N) is 1. The SMILES string of the molecule is O=C(Cc1ccc(F)cc1)N/N=C\c1c(F)cccc1Cl. The lowest BCUT2D eigenvalue weighted by Crippen LogP contribution is -2.19. The van der Waals surface area contributed by atoms with Gasteiger partial charge in [-0.05, 0) is 29.8 Å². The molecule has 1 amide bonds. The van der Waals surface area contributed by atoms with Gasteiger partial charge in [0.1, 0.15) is 11.6 Å². The Morgan fingerprint density at radius 2 is 1.90 bits per heavy atom. The number of amides is 1. The first-order valence-electron chi connectivity index (χ1n) is 6.06. The number of halogens is 3. The predicted molar refractivity (Wildman–Crippen MR) is 77.3 cm³/mol. The Morgan fingerprint density at radius 1 is 1.19 bits per heavy atom. The predicted octanol–water partition coefficient (Wildman–Crippen LogP) is 3.31. The first kappa shape index (κ1) is 15.1. The second kappa shape index (κ2) is 6.95. The molecule has 2 aromatic carbocycles. The van der Waals surface area contributed by atoms with E-state index in [9.17, 15) is 13.6 Å². The molecule has 21 heavy (non-hydrogen) atoms. The maximum Gasteiger partial charge on any atom is 0.244 e. The van der Waals surface area contributed by atoms with Crippen LogP contribution in [0.2, 0.25) is 5.02 Å². The van der Waals surface area contributed by atoms with Gasteiger partial charge in [0.25, 0.3) is 0 Å². The zero-order valence-corrected chi connectivity index (χ0v) is 11.6. The highest BCUT2D eigenvalue weighted by Gasteiger charge is 2.05. The van der Waals surface area contributed by atoms with Gasteiger partial charge in [-0.15, -0.1) is 0 Å². The molecule has 0 bridgehead atoms. The van der Waals surface area contributed by atoms with Gasteiger partial charge < -0.3 is 0 Å². The van der Waals surface area contributed by atoms with E-state index in [1.165, 1.54) is 42.5 Å². The van der Waals surface area contributed by atoms with Crippen LogP contribution < -0.4 is 5.43 Å². The number of hydrazone groups is 1. The highest BCUT2D eigenvalue weighted by molar-refractivity contribution is 6.33. The molecule has 0 aromatic heterocycles. The number of rotatable bonds is 4. The van der Waals surface area contributed by atoms with E-state index in [2.05, 4.69) is 10.5 Å². The summed E-state index contributed by atoms with van der Waals surface area (Å²) in [6.45, 7) is 0. The van der Waals surface area contributed by atoms with Crippen molar-refractivity contribution in [3.8, 4) is 0 Å². The molecule has 0 radical (unpaired) electrons. The van der Waals surface area contributed by atoms with Crippen molar-refractivity contribution in [3.63, 3.8) is 0 Å². The Labute approximate surface area is 125 Å². The molecule has 0 spiro atoms. The lowest BCUT2D eigenvalue weighted by molar-refractivity contribution is -0.120. The van der Waals surface area contributed by atoms with Gasteiger partial charge in [0.05, 0.1) is 17.7 Å². The molecule has 0 saturated carbocycles. The molecular formula is C15H11ClF2N2O. The molecule has 0 fully saturated rings. The van der Waals surface area contributed by atoms with Crippen LogP contribution in [0.1, 0.15) is 11.1 Å². The summed E-state index contributed by atoms with van der Waals surface area (Å²) in [7, 11) is 0. The topological polar surface area (TPSA) is 41.5 Å². The molecular weight excluding hydrogens is 298 g/mol. The molecule has 2 rings (SSSR count). The van der Waals surface area contributed by atoms with E-state index in [4.69, 9.17) is 11.6 Å². The van der Waals surface area contributed by atoms with Gasteiger partial charge in [-0.1, -0.05) is 29.8 Å². The fourth-order valence-corrected chi connectivity index (χ4v) is 1.84. The number of carbonyl (C=O) groups is 1. The highest BCUT2D eigenvalue weighted by Crippen LogP contribution is 2.16.